The van der Waals surface area contributed by atoms with Gasteiger partial charge in [0.2, 0.25) is 5.91 Å². The van der Waals surface area contributed by atoms with Crippen LogP contribution in [0.5, 0.6) is 0 Å². The third-order valence-electron chi connectivity index (χ3n) is 6.25. The Bertz CT molecular complexity index is 647. The molecule has 5 nitrogen and oxygen atoms in total. The van der Waals surface area contributed by atoms with Crippen molar-refractivity contribution < 1.29 is 9.59 Å². The summed E-state index contributed by atoms with van der Waals surface area (Å²) in [5.74, 6) is -0.0128. The standard InChI is InChI=1S/C24H37N3O2/c1-20-13-15-22(16-14-20)27-18-17-26(24(27)29)19-23(28)25-21-11-9-7-5-3-2-4-6-8-10-12-21/h13-16,21H,2-12,17-19H2,1H3,(H,25,28). The van der Waals surface area contributed by atoms with Gasteiger partial charge in [0.15, 0.2) is 0 Å². The average molecular weight is 400 g/mol. The average Bonchev–Trinajstić information content (AvgIpc) is 3.05. The van der Waals surface area contributed by atoms with E-state index in [4.69, 9.17) is 0 Å². The van der Waals surface area contributed by atoms with Gasteiger partial charge in [0.1, 0.15) is 6.54 Å². The maximum absolute atomic E-state index is 12.7. The lowest BCUT2D eigenvalue weighted by molar-refractivity contribution is -0.122. The van der Waals surface area contributed by atoms with Gasteiger partial charge in [0.05, 0.1) is 0 Å². The van der Waals surface area contributed by atoms with Crippen molar-refractivity contribution in [1.29, 1.82) is 0 Å². The monoisotopic (exact) mass is 399 g/mol. The van der Waals surface area contributed by atoms with Crippen LogP contribution in [0.3, 0.4) is 0 Å². The van der Waals surface area contributed by atoms with Gasteiger partial charge >= 0.3 is 6.03 Å². The van der Waals surface area contributed by atoms with Crippen molar-refractivity contribution in [2.45, 2.75) is 83.6 Å². The first-order valence-corrected chi connectivity index (χ1v) is 11.6. The highest BCUT2D eigenvalue weighted by Crippen LogP contribution is 2.21. The predicted octanol–water partition coefficient (Wildman–Crippen LogP) is 5.03. The van der Waals surface area contributed by atoms with E-state index < -0.39 is 0 Å². The molecule has 0 radical (unpaired) electrons. The molecule has 0 bridgehead atoms. The minimum Gasteiger partial charge on any atom is -0.352 e. The largest absolute Gasteiger partial charge is 0.352 e. The van der Waals surface area contributed by atoms with Gasteiger partial charge in [-0.25, -0.2) is 4.79 Å². The fourth-order valence-electron chi connectivity index (χ4n) is 4.45. The smallest absolute Gasteiger partial charge is 0.325 e. The summed E-state index contributed by atoms with van der Waals surface area (Å²) in [6.45, 7) is 3.44. The number of nitrogens with zero attached hydrogens (tertiary/aromatic N) is 2. The van der Waals surface area contributed by atoms with Gasteiger partial charge < -0.3 is 10.2 Å². The number of benzene rings is 1. The summed E-state index contributed by atoms with van der Waals surface area (Å²) in [6, 6.07) is 8.17. The fraction of sp³-hybridized carbons (Fsp3) is 0.667. The van der Waals surface area contributed by atoms with Crippen molar-refractivity contribution in [3.05, 3.63) is 29.8 Å². The fourth-order valence-corrected chi connectivity index (χ4v) is 4.45. The Morgan fingerprint density at radius 2 is 1.45 bits per heavy atom. The van der Waals surface area contributed by atoms with Crippen LogP contribution in [-0.2, 0) is 4.79 Å². The summed E-state index contributed by atoms with van der Waals surface area (Å²) >= 11 is 0. The lowest BCUT2D eigenvalue weighted by Gasteiger charge is -2.22. The van der Waals surface area contributed by atoms with Gasteiger partial charge in [-0.2, -0.15) is 0 Å². The number of urea groups is 1. The van der Waals surface area contributed by atoms with Gasteiger partial charge in [-0.1, -0.05) is 75.5 Å². The molecule has 1 aliphatic carbocycles. The SMILES string of the molecule is Cc1ccc(N2CCN(CC(=O)NC3CCCCCCCCCCC3)C2=O)cc1. The molecular formula is C24H37N3O2. The first kappa shape index (κ1) is 21.7. The van der Waals surface area contributed by atoms with E-state index in [-0.39, 0.29) is 24.5 Å². The molecule has 160 valence electrons. The third-order valence-corrected chi connectivity index (χ3v) is 6.25. The highest BCUT2D eigenvalue weighted by Gasteiger charge is 2.31. The van der Waals surface area contributed by atoms with E-state index in [9.17, 15) is 9.59 Å². The van der Waals surface area contributed by atoms with E-state index in [2.05, 4.69) is 5.32 Å². The van der Waals surface area contributed by atoms with Crippen LogP contribution in [0.2, 0.25) is 0 Å². The number of hydrogen-bond acceptors (Lipinski definition) is 2. The van der Waals surface area contributed by atoms with Crippen LogP contribution in [-0.4, -0.2) is 42.5 Å². The molecule has 29 heavy (non-hydrogen) atoms. The summed E-state index contributed by atoms with van der Waals surface area (Å²) in [4.78, 5) is 28.8. The van der Waals surface area contributed by atoms with E-state index in [1.807, 2.05) is 31.2 Å². The normalized spacial score (nSPS) is 20.2. The number of rotatable bonds is 4. The zero-order valence-corrected chi connectivity index (χ0v) is 18.0. The minimum absolute atomic E-state index is 0.0128. The number of carbonyl (C=O) groups is 2. The van der Waals surface area contributed by atoms with Gasteiger partial charge in [0, 0.05) is 24.8 Å². The van der Waals surface area contributed by atoms with Crippen LogP contribution in [0.15, 0.2) is 24.3 Å². The second-order valence-corrected chi connectivity index (χ2v) is 8.72. The van der Waals surface area contributed by atoms with Gasteiger partial charge in [-0.3, -0.25) is 9.69 Å². The molecule has 0 aromatic heterocycles. The first-order valence-electron chi connectivity index (χ1n) is 11.6. The zero-order chi connectivity index (χ0) is 20.5. The van der Waals surface area contributed by atoms with E-state index >= 15 is 0 Å². The zero-order valence-electron chi connectivity index (χ0n) is 18.0. The van der Waals surface area contributed by atoms with Gasteiger partial charge in [-0.15, -0.1) is 0 Å². The molecule has 0 unspecified atom stereocenters. The van der Waals surface area contributed by atoms with E-state index in [0.29, 0.717) is 13.1 Å². The van der Waals surface area contributed by atoms with Gasteiger partial charge in [0.25, 0.3) is 0 Å². The molecule has 1 heterocycles. The summed E-state index contributed by atoms with van der Waals surface area (Å²) in [6.07, 6.45) is 13.8. The van der Waals surface area contributed by atoms with Crippen molar-refractivity contribution in [3.8, 4) is 0 Å². The third kappa shape index (κ3) is 6.76. The Labute approximate surface area is 175 Å². The van der Waals surface area contributed by atoms with Crippen LogP contribution in [0.4, 0.5) is 10.5 Å². The lowest BCUT2D eigenvalue weighted by atomic mass is 9.98. The Morgan fingerprint density at radius 1 is 0.897 bits per heavy atom. The van der Waals surface area contributed by atoms with Crippen molar-refractivity contribution in [2.75, 3.05) is 24.5 Å². The Hall–Kier alpha value is -2.04. The van der Waals surface area contributed by atoms with E-state index in [0.717, 1.165) is 18.5 Å². The van der Waals surface area contributed by atoms with Crippen LogP contribution >= 0.6 is 0 Å². The highest BCUT2D eigenvalue weighted by molar-refractivity contribution is 5.96. The maximum Gasteiger partial charge on any atom is 0.325 e. The topological polar surface area (TPSA) is 52.6 Å². The van der Waals surface area contributed by atoms with Gasteiger partial charge in [-0.05, 0) is 31.9 Å². The van der Waals surface area contributed by atoms with E-state index in [1.54, 1.807) is 9.80 Å². The molecule has 1 saturated carbocycles. The number of hydrogen-bond donors (Lipinski definition) is 1. The number of aryl methyl sites for hydroxylation is 1. The molecule has 5 heteroatoms. The van der Waals surface area contributed by atoms with Crippen molar-refractivity contribution in [3.63, 3.8) is 0 Å². The lowest BCUT2D eigenvalue weighted by Crippen LogP contribution is -2.43. The number of amides is 3. The predicted molar refractivity (Wildman–Crippen MR) is 118 cm³/mol. The van der Waals surface area contributed by atoms with Crippen molar-refractivity contribution in [2.24, 2.45) is 0 Å². The minimum atomic E-state index is -0.0669. The van der Waals surface area contributed by atoms with Crippen molar-refractivity contribution >= 4 is 17.6 Å². The molecule has 1 aliphatic heterocycles. The summed E-state index contributed by atoms with van der Waals surface area (Å²) in [7, 11) is 0. The molecule has 1 saturated heterocycles. The molecule has 3 rings (SSSR count). The maximum atomic E-state index is 12.7. The van der Waals surface area contributed by atoms with E-state index in [1.165, 1.54) is 63.4 Å². The van der Waals surface area contributed by atoms with Crippen LogP contribution in [0, 0.1) is 6.92 Å². The quantitative estimate of drug-likeness (QED) is 0.772. The first-order chi connectivity index (χ1) is 14.1. The van der Waals surface area contributed by atoms with Crippen LogP contribution in [0.1, 0.15) is 76.2 Å². The number of carbonyl (C=O) groups excluding carboxylic acids is 2. The second-order valence-electron chi connectivity index (χ2n) is 8.72. The molecule has 3 amide bonds. The molecule has 1 aromatic rings. The molecule has 1 aromatic carbocycles. The highest BCUT2D eigenvalue weighted by atomic mass is 16.2. The molecule has 2 fully saturated rings. The van der Waals surface area contributed by atoms with Crippen LogP contribution < -0.4 is 10.2 Å². The number of anilines is 1. The second kappa shape index (κ2) is 11.2. The summed E-state index contributed by atoms with van der Waals surface area (Å²) < 4.78 is 0. The molecule has 1 N–H and O–H groups in total. The summed E-state index contributed by atoms with van der Waals surface area (Å²) in [5, 5.41) is 3.23. The molecule has 0 atom stereocenters. The molecular weight excluding hydrogens is 362 g/mol. The molecule has 2 aliphatic rings. The Kier molecular flexibility index (Phi) is 8.38. The van der Waals surface area contributed by atoms with Crippen LogP contribution in [0.25, 0.3) is 0 Å². The summed E-state index contributed by atoms with van der Waals surface area (Å²) in [5.41, 5.74) is 2.08. The molecule has 0 spiro atoms. The Balaban J connectivity index is 1.48. The Morgan fingerprint density at radius 3 is 2.03 bits per heavy atom. The number of nitrogens with one attached hydrogen (secondary N) is 1. The van der Waals surface area contributed by atoms with Crippen molar-refractivity contribution in [1.82, 2.24) is 10.2 Å².